The summed E-state index contributed by atoms with van der Waals surface area (Å²) in [5.41, 5.74) is 2.78. The molecule has 0 aliphatic carbocycles. The average Bonchev–Trinajstić information content (AvgIpc) is 3.15. The summed E-state index contributed by atoms with van der Waals surface area (Å²) in [6.45, 7) is 2.04. The number of rotatable bonds is 3. The third kappa shape index (κ3) is 2.36. The topological polar surface area (TPSA) is 15.6 Å². The van der Waals surface area contributed by atoms with Gasteiger partial charge in [0.25, 0.3) is 0 Å². The minimum absolute atomic E-state index is 0.396. The molecular formula is C18H18N2S. The highest BCUT2D eigenvalue weighted by Gasteiger charge is 2.38. The number of aliphatic imine (C=N–C) groups is 1. The number of fused-ring (bicyclic) bond motifs is 1. The van der Waals surface area contributed by atoms with Gasteiger partial charge in [-0.3, -0.25) is 4.99 Å². The Labute approximate surface area is 129 Å². The zero-order chi connectivity index (χ0) is 14.1. The Bertz CT molecular complexity index is 599. The van der Waals surface area contributed by atoms with E-state index in [2.05, 4.69) is 65.6 Å². The van der Waals surface area contributed by atoms with Crippen molar-refractivity contribution in [1.29, 1.82) is 0 Å². The molecule has 0 saturated carbocycles. The molecule has 2 aliphatic rings. The lowest BCUT2D eigenvalue weighted by molar-refractivity contribution is 0.342. The van der Waals surface area contributed by atoms with Gasteiger partial charge in [0.1, 0.15) is 0 Å². The molecule has 1 atom stereocenters. The van der Waals surface area contributed by atoms with E-state index in [1.54, 1.807) is 0 Å². The highest BCUT2D eigenvalue weighted by molar-refractivity contribution is 8.14. The van der Waals surface area contributed by atoms with Crippen molar-refractivity contribution >= 4 is 16.9 Å². The molecule has 4 rings (SSSR count). The number of thioether (sulfide) groups is 1. The molecule has 2 aromatic rings. The van der Waals surface area contributed by atoms with Crippen LogP contribution in [0.15, 0.2) is 65.7 Å². The summed E-state index contributed by atoms with van der Waals surface area (Å²) >= 11 is 1.90. The highest BCUT2D eigenvalue weighted by Crippen LogP contribution is 2.37. The second kappa shape index (κ2) is 5.57. The summed E-state index contributed by atoms with van der Waals surface area (Å²) in [6, 6.07) is 22.2. The van der Waals surface area contributed by atoms with Crippen LogP contribution >= 0.6 is 11.8 Å². The van der Waals surface area contributed by atoms with Gasteiger partial charge in [-0.2, -0.15) is 0 Å². The smallest absolute Gasteiger partial charge is 0.159 e. The molecule has 0 amide bonds. The minimum Gasteiger partial charge on any atom is -0.345 e. The molecule has 106 valence electrons. The lowest BCUT2D eigenvalue weighted by atomic mass is 9.84. The van der Waals surface area contributed by atoms with Crippen molar-refractivity contribution in [2.75, 3.05) is 18.8 Å². The highest BCUT2D eigenvalue weighted by atomic mass is 32.2. The molecule has 1 unspecified atom stereocenters. The van der Waals surface area contributed by atoms with E-state index < -0.39 is 0 Å². The summed E-state index contributed by atoms with van der Waals surface area (Å²) in [6.07, 6.45) is 0. The zero-order valence-corrected chi connectivity index (χ0v) is 12.7. The monoisotopic (exact) mass is 294 g/mol. The van der Waals surface area contributed by atoms with Gasteiger partial charge >= 0.3 is 0 Å². The number of hydrogen-bond acceptors (Lipinski definition) is 3. The fourth-order valence-corrected chi connectivity index (χ4v) is 4.40. The van der Waals surface area contributed by atoms with Gasteiger partial charge in [0, 0.05) is 18.2 Å². The van der Waals surface area contributed by atoms with Crippen molar-refractivity contribution in [3.8, 4) is 0 Å². The first kappa shape index (κ1) is 13.0. The molecule has 0 N–H and O–H groups in total. The van der Waals surface area contributed by atoms with E-state index in [1.807, 2.05) is 11.8 Å². The van der Waals surface area contributed by atoms with Gasteiger partial charge in [-0.15, -0.1) is 0 Å². The molecule has 0 bridgehead atoms. The molecule has 2 aromatic carbocycles. The van der Waals surface area contributed by atoms with Crippen LogP contribution in [-0.4, -0.2) is 35.0 Å². The summed E-state index contributed by atoms with van der Waals surface area (Å²) in [5, 5.41) is 1.25. The molecule has 2 nitrogen and oxygen atoms in total. The molecule has 1 saturated heterocycles. The molecule has 21 heavy (non-hydrogen) atoms. The summed E-state index contributed by atoms with van der Waals surface area (Å²) in [4.78, 5) is 7.27. The quantitative estimate of drug-likeness (QED) is 0.859. The van der Waals surface area contributed by atoms with Crippen molar-refractivity contribution in [3.63, 3.8) is 0 Å². The van der Waals surface area contributed by atoms with Crippen LogP contribution in [0.2, 0.25) is 0 Å². The van der Waals surface area contributed by atoms with Crippen molar-refractivity contribution in [2.24, 2.45) is 4.99 Å². The first-order chi connectivity index (χ1) is 10.4. The Morgan fingerprint density at radius 3 is 2.19 bits per heavy atom. The fraction of sp³-hybridized carbons (Fsp3) is 0.278. The van der Waals surface area contributed by atoms with Crippen LogP contribution in [-0.2, 0) is 0 Å². The van der Waals surface area contributed by atoms with Crippen LogP contribution in [0.1, 0.15) is 17.0 Å². The number of hydrogen-bond donors (Lipinski definition) is 0. The van der Waals surface area contributed by atoms with E-state index in [-0.39, 0.29) is 0 Å². The van der Waals surface area contributed by atoms with E-state index in [4.69, 9.17) is 4.99 Å². The van der Waals surface area contributed by atoms with E-state index in [0.29, 0.717) is 12.0 Å². The number of amidine groups is 1. The Hall–Kier alpha value is -1.74. The lowest BCUT2D eigenvalue weighted by Gasteiger charge is -2.31. The zero-order valence-electron chi connectivity index (χ0n) is 11.9. The van der Waals surface area contributed by atoms with E-state index >= 15 is 0 Å². The van der Waals surface area contributed by atoms with Crippen LogP contribution in [0.25, 0.3) is 0 Å². The van der Waals surface area contributed by atoms with E-state index in [1.165, 1.54) is 22.0 Å². The number of benzene rings is 2. The molecular weight excluding hydrogens is 276 g/mol. The van der Waals surface area contributed by atoms with Crippen LogP contribution in [0.3, 0.4) is 0 Å². The molecule has 2 heterocycles. The number of nitrogens with zero attached hydrogens (tertiary/aromatic N) is 2. The fourth-order valence-electron chi connectivity index (χ4n) is 3.37. The average molecular weight is 294 g/mol. The Balaban J connectivity index is 1.74. The third-order valence-electron chi connectivity index (χ3n) is 4.33. The van der Waals surface area contributed by atoms with Crippen molar-refractivity contribution < 1.29 is 0 Å². The Morgan fingerprint density at radius 1 is 0.952 bits per heavy atom. The van der Waals surface area contributed by atoms with Crippen molar-refractivity contribution in [3.05, 3.63) is 71.8 Å². The van der Waals surface area contributed by atoms with Gasteiger partial charge in [-0.25, -0.2) is 0 Å². The molecule has 0 spiro atoms. The van der Waals surface area contributed by atoms with Gasteiger partial charge in [-0.1, -0.05) is 72.4 Å². The molecule has 1 fully saturated rings. The van der Waals surface area contributed by atoms with Crippen LogP contribution in [0.5, 0.6) is 0 Å². The van der Waals surface area contributed by atoms with Crippen molar-refractivity contribution in [2.45, 2.75) is 12.0 Å². The molecule has 0 radical (unpaired) electrons. The van der Waals surface area contributed by atoms with Crippen LogP contribution in [0.4, 0.5) is 0 Å². The first-order valence-corrected chi connectivity index (χ1v) is 8.46. The van der Waals surface area contributed by atoms with Crippen LogP contribution in [0, 0.1) is 0 Å². The maximum atomic E-state index is 4.76. The van der Waals surface area contributed by atoms with E-state index in [0.717, 1.165) is 13.1 Å². The normalized spacial score (nSPS) is 20.7. The minimum atomic E-state index is 0.396. The van der Waals surface area contributed by atoms with Gasteiger partial charge in [-0.05, 0) is 11.1 Å². The summed E-state index contributed by atoms with van der Waals surface area (Å²) in [7, 11) is 0. The predicted octanol–water partition coefficient (Wildman–Crippen LogP) is 3.61. The van der Waals surface area contributed by atoms with Crippen LogP contribution < -0.4 is 0 Å². The maximum Gasteiger partial charge on any atom is 0.159 e. The van der Waals surface area contributed by atoms with Gasteiger partial charge in [0.15, 0.2) is 5.17 Å². The largest absolute Gasteiger partial charge is 0.345 e. The molecule has 0 aromatic heterocycles. The lowest BCUT2D eigenvalue weighted by Crippen LogP contribution is -2.38. The second-order valence-electron chi connectivity index (χ2n) is 5.53. The Morgan fingerprint density at radius 2 is 1.57 bits per heavy atom. The molecule has 3 heteroatoms. The predicted molar refractivity (Wildman–Crippen MR) is 90.0 cm³/mol. The molecule has 2 aliphatic heterocycles. The summed E-state index contributed by atoms with van der Waals surface area (Å²) in [5.74, 6) is 1.57. The standard InChI is InChI=1S/C18H18N2S/c1-3-7-14(8-4-1)17(15-9-5-2-6-10-15)16-13-19-18-20(16)11-12-21-18/h1-10,16-17H,11-13H2. The summed E-state index contributed by atoms with van der Waals surface area (Å²) < 4.78 is 0. The Kier molecular flexibility index (Phi) is 3.44. The van der Waals surface area contributed by atoms with Crippen molar-refractivity contribution in [1.82, 2.24) is 4.90 Å². The maximum absolute atomic E-state index is 4.76. The first-order valence-electron chi connectivity index (χ1n) is 7.47. The van der Waals surface area contributed by atoms with Gasteiger partial charge in [0.05, 0.1) is 12.6 Å². The second-order valence-corrected chi connectivity index (χ2v) is 6.59. The third-order valence-corrected chi connectivity index (χ3v) is 5.33. The van der Waals surface area contributed by atoms with Gasteiger partial charge in [0.2, 0.25) is 0 Å². The SMILES string of the molecule is c1ccc(C(c2ccccc2)C2CN=C3SCCN32)cc1. The van der Waals surface area contributed by atoms with Gasteiger partial charge < -0.3 is 4.90 Å². The van der Waals surface area contributed by atoms with E-state index in [9.17, 15) is 0 Å².